The average molecular weight is 286 g/mol. The van der Waals surface area contributed by atoms with Crippen molar-refractivity contribution in [3.8, 4) is 0 Å². The van der Waals surface area contributed by atoms with Gasteiger partial charge in [0.05, 0.1) is 5.60 Å². The molecule has 0 fully saturated rings. The lowest BCUT2D eigenvalue weighted by Gasteiger charge is -2.31. The van der Waals surface area contributed by atoms with Gasteiger partial charge in [-0.3, -0.25) is 0 Å². The number of halogens is 2. The van der Waals surface area contributed by atoms with Gasteiger partial charge in [-0.25, -0.2) is 8.78 Å². The summed E-state index contributed by atoms with van der Waals surface area (Å²) >= 11 is 0. The van der Waals surface area contributed by atoms with Gasteiger partial charge in [0, 0.05) is 0 Å². The lowest BCUT2D eigenvalue weighted by molar-refractivity contribution is 0.0585. The second kappa shape index (κ2) is 7.75. The van der Waals surface area contributed by atoms with Crippen LogP contribution in [-0.2, 0) is 10.8 Å². The zero-order valence-electron chi connectivity index (χ0n) is 12.1. The first-order valence-corrected chi connectivity index (χ1v) is 7.87. The van der Waals surface area contributed by atoms with E-state index in [0.29, 0.717) is 0 Å². The second-order valence-electron chi connectivity index (χ2n) is 5.05. The predicted molar refractivity (Wildman–Crippen MR) is 78.3 cm³/mol. The summed E-state index contributed by atoms with van der Waals surface area (Å²) in [7, 11) is 0.766. The summed E-state index contributed by atoms with van der Waals surface area (Å²) in [5.41, 5.74) is 0.907. The molecule has 108 valence electrons. The Bertz CT molecular complexity index is 383. The number of hydrogen-bond acceptors (Lipinski definition) is 1. The van der Waals surface area contributed by atoms with E-state index in [1.807, 2.05) is 0 Å². The van der Waals surface area contributed by atoms with Crippen molar-refractivity contribution in [2.24, 2.45) is 0 Å². The molecule has 0 aliphatic carbocycles. The lowest BCUT2D eigenvalue weighted by atomic mass is 9.90. The normalized spacial score (nSPS) is 12.0. The smallest absolute Gasteiger partial charge is 0.159 e. The van der Waals surface area contributed by atoms with Gasteiger partial charge in [-0.05, 0) is 49.8 Å². The van der Waals surface area contributed by atoms with Crippen molar-refractivity contribution >= 4 is 10.5 Å². The summed E-state index contributed by atoms with van der Waals surface area (Å²) < 4.78 is 31.6. The lowest BCUT2D eigenvalue weighted by Crippen LogP contribution is -2.30. The van der Waals surface area contributed by atoms with Crippen LogP contribution in [0.1, 0.15) is 51.5 Å². The molecule has 0 aliphatic rings. The van der Waals surface area contributed by atoms with Crippen LogP contribution in [0.5, 0.6) is 0 Å². The highest BCUT2D eigenvalue weighted by molar-refractivity contribution is 5.98. The Balaban J connectivity index is 2.40. The van der Waals surface area contributed by atoms with Gasteiger partial charge in [-0.15, -0.1) is 0 Å². The fourth-order valence-corrected chi connectivity index (χ4v) is 3.25. The van der Waals surface area contributed by atoms with Crippen molar-refractivity contribution in [1.82, 2.24) is 0 Å². The maximum atomic E-state index is 13.1. The van der Waals surface area contributed by atoms with Gasteiger partial charge in [0.15, 0.2) is 11.6 Å². The molecule has 0 N–H and O–H groups in total. The van der Waals surface area contributed by atoms with E-state index in [9.17, 15) is 8.78 Å². The van der Waals surface area contributed by atoms with Gasteiger partial charge in [0.25, 0.3) is 0 Å². The van der Waals surface area contributed by atoms with Gasteiger partial charge in [-0.2, -0.15) is 0 Å². The summed E-state index contributed by atoms with van der Waals surface area (Å²) in [4.78, 5) is 0. The molecule has 4 heteroatoms. The van der Waals surface area contributed by atoms with Crippen molar-refractivity contribution < 1.29 is 13.2 Å². The molecule has 0 aromatic heterocycles. The third kappa shape index (κ3) is 4.69. The number of hydrogen-bond donors (Lipinski definition) is 0. The Labute approximate surface area is 117 Å². The average Bonchev–Trinajstić information content (AvgIpc) is 2.44. The first-order valence-electron chi connectivity index (χ1n) is 7.06. The van der Waals surface area contributed by atoms with Crippen LogP contribution in [0.2, 0.25) is 0 Å². The molecule has 0 saturated heterocycles. The summed E-state index contributed by atoms with van der Waals surface area (Å²) in [5.74, 6) is -1.53. The Hall–Kier alpha value is -0.743. The zero-order valence-corrected chi connectivity index (χ0v) is 14.1. The molecule has 0 aliphatic heterocycles. The molecular weight excluding hydrogens is 262 g/mol. The zero-order chi connectivity index (χ0) is 14.3. The molecule has 1 rings (SSSR count). The quantitative estimate of drug-likeness (QED) is 0.525. The van der Waals surface area contributed by atoms with E-state index in [1.165, 1.54) is 12.1 Å². The molecule has 19 heavy (non-hydrogen) atoms. The van der Waals surface area contributed by atoms with Gasteiger partial charge < -0.3 is 4.43 Å². The second-order valence-corrected chi connectivity index (χ2v) is 5.46. The predicted octanol–water partition coefficient (Wildman–Crippen LogP) is 3.53. The molecule has 1 aromatic rings. The SMILES string of the molecule is CCC(CC)(CCCCc1ccc(F)c(F)c1)O[SiH3]. The minimum Gasteiger partial charge on any atom is -0.422 e. The van der Waals surface area contributed by atoms with Gasteiger partial charge >= 0.3 is 0 Å². The van der Waals surface area contributed by atoms with Crippen molar-refractivity contribution in [3.63, 3.8) is 0 Å². The van der Waals surface area contributed by atoms with Crippen molar-refractivity contribution in [2.75, 3.05) is 0 Å². The highest BCUT2D eigenvalue weighted by atomic mass is 28.2. The molecule has 0 heterocycles. The number of unbranched alkanes of at least 4 members (excludes halogenated alkanes) is 1. The highest BCUT2D eigenvalue weighted by Gasteiger charge is 2.23. The van der Waals surface area contributed by atoms with Crippen LogP contribution in [0.25, 0.3) is 0 Å². The number of aryl methyl sites for hydroxylation is 1. The first-order chi connectivity index (χ1) is 9.06. The summed E-state index contributed by atoms with van der Waals surface area (Å²) in [6.07, 6.45) is 5.96. The Morgan fingerprint density at radius 2 is 1.79 bits per heavy atom. The highest BCUT2D eigenvalue weighted by Crippen LogP contribution is 2.26. The van der Waals surface area contributed by atoms with Crippen LogP contribution in [0, 0.1) is 11.6 Å². The minimum atomic E-state index is -0.774. The van der Waals surface area contributed by atoms with Crippen LogP contribution in [-0.4, -0.2) is 16.1 Å². The van der Waals surface area contributed by atoms with E-state index in [1.54, 1.807) is 6.07 Å². The Morgan fingerprint density at radius 3 is 2.32 bits per heavy atom. The Morgan fingerprint density at radius 1 is 1.11 bits per heavy atom. The van der Waals surface area contributed by atoms with E-state index in [2.05, 4.69) is 13.8 Å². The topological polar surface area (TPSA) is 9.23 Å². The Kier molecular flexibility index (Phi) is 6.65. The van der Waals surface area contributed by atoms with E-state index >= 15 is 0 Å². The maximum Gasteiger partial charge on any atom is 0.159 e. The van der Waals surface area contributed by atoms with Gasteiger partial charge in [-0.1, -0.05) is 26.3 Å². The third-order valence-electron chi connectivity index (χ3n) is 4.05. The van der Waals surface area contributed by atoms with E-state index in [4.69, 9.17) is 4.43 Å². The van der Waals surface area contributed by atoms with Crippen LogP contribution in [0.3, 0.4) is 0 Å². The molecule has 0 amide bonds. The molecule has 0 atom stereocenters. The summed E-state index contributed by atoms with van der Waals surface area (Å²) in [6.45, 7) is 4.33. The van der Waals surface area contributed by atoms with E-state index in [-0.39, 0.29) is 5.60 Å². The minimum absolute atomic E-state index is 0.0419. The fourth-order valence-electron chi connectivity index (χ4n) is 2.47. The third-order valence-corrected chi connectivity index (χ3v) is 4.92. The van der Waals surface area contributed by atoms with E-state index < -0.39 is 11.6 Å². The number of rotatable bonds is 8. The van der Waals surface area contributed by atoms with E-state index in [0.717, 1.165) is 54.6 Å². The van der Waals surface area contributed by atoms with Gasteiger partial charge in [0.1, 0.15) is 10.5 Å². The molecule has 0 spiro atoms. The van der Waals surface area contributed by atoms with Crippen molar-refractivity contribution in [2.45, 2.75) is 58.0 Å². The van der Waals surface area contributed by atoms with Crippen LogP contribution in [0.15, 0.2) is 18.2 Å². The van der Waals surface area contributed by atoms with Crippen LogP contribution >= 0.6 is 0 Å². The molecule has 1 nitrogen and oxygen atoms in total. The van der Waals surface area contributed by atoms with Crippen molar-refractivity contribution in [3.05, 3.63) is 35.4 Å². The van der Waals surface area contributed by atoms with Crippen LogP contribution < -0.4 is 0 Å². The maximum absolute atomic E-state index is 13.1. The summed E-state index contributed by atoms with van der Waals surface area (Å²) in [6, 6.07) is 4.16. The van der Waals surface area contributed by atoms with Gasteiger partial charge in [0.2, 0.25) is 0 Å². The van der Waals surface area contributed by atoms with Crippen LogP contribution in [0.4, 0.5) is 8.78 Å². The largest absolute Gasteiger partial charge is 0.422 e. The van der Waals surface area contributed by atoms with Crippen molar-refractivity contribution in [1.29, 1.82) is 0 Å². The fraction of sp³-hybridized carbons (Fsp3) is 0.600. The molecular formula is C15H24F2OSi. The molecule has 0 unspecified atom stereocenters. The molecule has 0 saturated carbocycles. The summed E-state index contributed by atoms with van der Waals surface area (Å²) in [5, 5.41) is 0. The number of benzene rings is 1. The molecule has 0 radical (unpaired) electrons. The molecule has 1 aromatic carbocycles. The first kappa shape index (κ1) is 16.3. The standard InChI is InChI=1S/C15H24F2OSi/c1-3-15(4-2,18-19)10-6-5-7-12-8-9-13(16)14(17)11-12/h8-9,11H,3-7,10H2,1-2,19H3. The monoisotopic (exact) mass is 286 g/mol. The molecule has 0 bridgehead atoms.